The predicted octanol–water partition coefficient (Wildman–Crippen LogP) is 4.29. The van der Waals surface area contributed by atoms with Gasteiger partial charge in [0.05, 0.1) is 16.1 Å². The topological polar surface area (TPSA) is 56.1 Å². The lowest BCUT2D eigenvalue weighted by Gasteiger charge is -2.11. The van der Waals surface area contributed by atoms with Crippen molar-refractivity contribution in [3.05, 3.63) is 62.9 Å². The van der Waals surface area contributed by atoms with Crippen molar-refractivity contribution in [2.75, 3.05) is 12.1 Å². The zero-order chi connectivity index (χ0) is 18.1. The molecule has 0 unspecified atom stereocenters. The maximum atomic E-state index is 13.2. The van der Waals surface area contributed by atoms with Crippen LogP contribution in [0.4, 0.5) is 14.5 Å². The highest BCUT2D eigenvalue weighted by molar-refractivity contribution is 7.12. The first-order valence-electron chi connectivity index (χ1n) is 7.07. The van der Waals surface area contributed by atoms with Crippen LogP contribution in [0.2, 0.25) is 5.02 Å². The average Bonchev–Trinajstić information content (AvgIpc) is 3.14. The Morgan fingerprint density at radius 3 is 2.60 bits per heavy atom. The first kappa shape index (κ1) is 17.5. The van der Waals surface area contributed by atoms with Crippen molar-refractivity contribution in [3.8, 4) is 0 Å². The van der Waals surface area contributed by atoms with E-state index in [-0.39, 0.29) is 21.7 Å². The molecule has 2 aromatic rings. The van der Waals surface area contributed by atoms with E-state index in [0.717, 1.165) is 22.5 Å². The molecular formula is C16H12ClF2N3O2S. The van der Waals surface area contributed by atoms with Gasteiger partial charge in [-0.3, -0.25) is 15.1 Å². The van der Waals surface area contributed by atoms with E-state index in [1.807, 2.05) is 0 Å². The molecule has 0 spiro atoms. The van der Waals surface area contributed by atoms with Crippen molar-refractivity contribution < 1.29 is 18.8 Å². The van der Waals surface area contributed by atoms with Crippen LogP contribution < -0.4 is 5.01 Å². The number of amides is 1. The molecule has 3 rings (SSSR count). The van der Waals surface area contributed by atoms with E-state index in [0.29, 0.717) is 15.8 Å². The molecule has 1 aliphatic rings. The van der Waals surface area contributed by atoms with Crippen molar-refractivity contribution in [2.45, 2.75) is 6.43 Å². The van der Waals surface area contributed by atoms with Crippen LogP contribution in [0, 0.1) is 0 Å². The van der Waals surface area contributed by atoms with Gasteiger partial charge in [0.15, 0.2) is 0 Å². The third-order valence-electron chi connectivity index (χ3n) is 3.41. The number of hydrazone groups is 1. The Labute approximate surface area is 151 Å². The van der Waals surface area contributed by atoms with E-state index in [9.17, 15) is 18.8 Å². The van der Waals surface area contributed by atoms with Crippen LogP contribution in [0.25, 0.3) is 0 Å². The van der Waals surface area contributed by atoms with Gasteiger partial charge in [-0.25, -0.2) is 8.78 Å². The Morgan fingerprint density at radius 1 is 1.32 bits per heavy atom. The summed E-state index contributed by atoms with van der Waals surface area (Å²) in [5.74, 6) is -0.535. The fraction of sp³-hybridized carbons (Fsp3) is 0.125. The van der Waals surface area contributed by atoms with Gasteiger partial charge in [-0.1, -0.05) is 11.6 Å². The molecule has 0 saturated carbocycles. The van der Waals surface area contributed by atoms with Crippen molar-refractivity contribution >= 4 is 40.2 Å². The highest BCUT2D eigenvalue weighted by atomic mass is 35.5. The molecule has 0 atom stereocenters. The highest BCUT2D eigenvalue weighted by Crippen LogP contribution is 2.34. The highest BCUT2D eigenvalue weighted by Gasteiger charge is 2.35. The Kier molecular flexibility index (Phi) is 4.85. The summed E-state index contributed by atoms with van der Waals surface area (Å²) in [5.41, 5.74) is 0.336. The van der Waals surface area contributed by atoms with Gasteiger partial charge in [0.1, 0.15) is 5.71 Å². The number of thiophene rings is 1. The lowest BCUT2D eigenvalue weighted by atomic mass is 10.1. The summed E-state index contributed by atoms with van der Waals surface area (Å²) < 4.78 is 26.4. The number of rotatable bonds is 4. The van der Waals surface area contributed by atoms with Crippen LogP contribution in [0.3, 0.4) is 0 Å². The molecule has 0 radical (unpaired) electrons. The SMILES string of the molecule is CN(O)C=C1C(=O)N(c2ccc(Cl)cc2)N=C1c1sccc1C(F)F. The van der Waals surface area contributed by atoms with E-state index in [4.69, 9.17) is 11.6 Å². The molecular weight excluding hydrogens is 372 g/mol. The summed E-state index contributed by atoms with van der Waals surface area (Å²) in [4.78, 5) is 12.9. The van der Waals surface area contributed by atoms with E-state index >= 15 is 0 Å². The van der Waals surface area contributed by atoms with Crippen molar-refractivity contribution in [1.82, 2.24) is 5.06 Å². The summed E-state index contributed by atoms with van der Waals surface area (Å²) >= 11 is 6.90. The van der Waals surface area contributed by atoms with Crippen molar-refractivity contribution in [2.24, 2.45) is 5.10 Å². The summed E-state index contributed by atoms with van der Waals surface area (Å²) in [5, 5.41) is 17.5. The first-order chi connectivity index (χ1) is 11.9. The van der Waals surface area contributed by atoms with E-state index in [1.165, 1.54) is 18.5 Å². The van der Waals surface area contributed by atoms with Crippen molar-refractivity contribution in [3.63, 3.8) is 0 Å². The summed E-state index contributed by atoms with van der Waals surface area (Å²) in [6.45, 7) is 0. The lowest BCUT2D eigenvalue weighted by molar-refractivity contribution is -0.114. The van der Waals surface area contributed by atoms with Crippen LogP contribution >= 0.6 is 22.9 Å². The third kappa shape index (κ3) is 3.41. The fourth-order valence-corrected chi connectivity index (χ4v) is 3.36. The molecule has 9 heteroatoms. The molecule has 0 bridgehead atoms. The minimum atomic E-state index is -2.70. The second-order valence-corrected chi connectivity index (χ2v) is 6.52. The van der Waals surface area contributed by atoms with Crippen LogP contribution in [0.1, 0.15) is 16.9 Å². The summed E-state index contributed by atoms with van der Waals surface area (Å²) in [6, 6.07) is 7.66. The molecule has 1 amide bonds. The molecule has 25 heavy (non-hydrogen) atoms. The molecule has 1 N–H and O–H groups in total. The molecule has 0 aliphatic carbocycles. The van der Waals surface area contributed by atoms with Gasteiger partial charge >= 0.3 is 0 Å². The van der Waals surface area contributed by atoms with Gasteiger partial charge in [-0.2, -0.15) is 10.1 Å². The largest absolute Gasteiger partial charge is 0.289 e. The molecule has 0 fully saturated rings. The molecule has 5 nitrogen and oxygen atoms in total. The van der Waals surface area contributed by atoms with Gasteiger partial charge < -0.3 is 0 Å². The summed E-state index contributed by atoms with van der Waals surface area (Å²) in [6.07, 6.45) is -1.55. The van der Waals surface area contributed by atoms with E-state index < -0.39 is 12.3 Å². The number of hydrogen-bond acceptors (Lipinski definition) is 5. The maximum absolute atomic E-state index is 13.2. The zero-order valence-corrected chi connectivity index (χ0v) is 14.4. The number of halogens is 3. The predicted molar refractivity (Wildman–Crippen MR) is 92.4 cm³/mol. The Bertz CT molecular complexity index is 863. The number of hydroxylamine groups is 2. The number of nitrogens with zero attached hydrogens (tertiary/aromatic N) is 3. The Balaban J connectivity index is 2.11. The monoisotopic (exact) mass is 383 g/mol. The summed E-state index contributed by atoms with van der Waals surface area (Å²) in [7, 11) is 1.31. The van der Waals surface area contributed by atoms with Gasteiger partial charge in [0, 0.05) is 23.8 Å². The van der Waals surface area contributed by atoms with Gasteiger partial charge in [0.2, 0.25) is 0 Å². The van der Waals surface area contributed by atoms with Crippen molar-refractivity contribution in [1.29, 1.82) is 0 Å². The maximum Gasteiger partial charge on any atom is 0.282 e. The lowest BCUT2D eigenvalue weighted by Crippen LogP contribution is -2.22. The Hall–Kier alpha value is -2.29. The molecule has 1 aromatic heterocycles. The normalized spacial score (nSPS) is 16.1. The minimum absolute atomic E-state index is 0.0179. The quantitative estimate of drug-likeness (QED) is 0.632. The third-order valence-corrected chi connectivity index (χ3v) is 4.60. The minimum Gasteiger partial charge on any atom is -0.289 e. The second kappa shape index (κ2) is 6.91. The smallest absolute Gasteiger partial charge is 0.282 e. The standard InChI is InChI=1S/C16H12ClF2N3O2S/c1-21(24)8-12-13(14-11(15(18)19)6-7-25-14)20-22(16(12)23)10-4-2-9(17)3-5-10/h2-8,15,24H,1H3. The molecule has 1 aromatic carbocycles. The number of alkyl halides is 2. The van der Waals surface area contributed by atoms with E-state index in [1.54, 1.807) is 24.3 Å². The molecule has 0 saturated heterocycles. The number of hydrogen-bond donors (Lipinski definition) is 1. The average molecular weight is 384 g/mol. The van der Waals surface area contributed by atoms with Crippen LogP contribution in [-0.2, 0) is 4.79 Å². The fourth-order valence-electron chi connectivity index (χ4n) is 2.33. The number of carbonyl (C=O) groups is 1. The zero-order valence-electron chi connectivity index (χ0n) is 12.9. The second-order valence-electron chi connectivity index (χ2n) is 5.16. The Morgan fingerprint density at radius 2 is 2.00 bits per heavy atom. The van der Waals surface area contributed by atoms with Crippen LogP contribution in [-0.4, -0.2) is 28.9 Å². The number of carbonyl (C=O) groups excluding carboxylic acids is 1. The molecule has 2 heterocycles. The van der Waals surface area contributed by atoms with Crippen LogP contribution in [0.15, 0.2) is 52.6 Å². The number of benzene rings is 1. The van der Waals surface area contributed by atoms with Gasteiger partial charge in [0.25, 0.3) is 12.3 Å². The van der Waals surface area contributed by atoms with Gasteiger partial charge in [-0.15, -0.1) is 11.3 Å². The van der Waals surface area contributed by atoms with Crippen LogP contribution in [0.5, 0.6) is 0 Å². The van der Waals surface area contributed by atoms with E-state index in [2.05, 4.69) is 5.10 Å². The number of anilines is 1. The molecule has 1 aliphatic heterocycles. The van der Waals surface area contributed by atoms with Gasteiger partial charge in [-0.05, 0) is 35.7 Å². The first-order valence-corrected chi connectivity index (χ1v) is 8.32. The molecule has 130 valence electrons.